The molecule has 0 aliphatic carbocycles. The van der Waals surface area contributed by atoms with Gasteiger partial charge in [0.2, 0.25) is 0 Å². The van der Waals surface area contributed by atoms with Crippen molar-refractivity contribution in [2.24, 2.45) is 46.3 Å². The molecule has 0 aromatic carbocycles. The fourth-order valence-corrected chi connectivity index (χ4v) is 8.99. The molecule has 0 aromatic heterocycles. The molecule has 0 rings (SSSR count). The lowest BCUT2D eigenvalue weighted by Gasteiger charge is -2.45. The second-order valence-corrected chi connectivity index (χ2v) is 15.4. The average Bonchev–Trinajstić information content (AvgIpc) is 2.83. The van der Waals surface area contributed by atoms with Crippen LogP contribution in [0.15, 0.2) is 0 Å². The Kier molecular flexibility index (Phi) is 21.6. The van der Waals surface area contributed by atoms with Gasteiger partial charge in [0.1, 0.15) is 0 Å². The minimum Gasteiger partial charge on any atom is -0.317 e. The van der Waals surface area contributed by atoms with Gasteiger partial charge >= 0.3 is 0 Å². The van der Waals surface area contributed by atoms with Crippen LogP contribution in [0.2, 0.25) is 0 Å². The van der Waals surface area contributed by atoms with Gasteiger partial charge in [-0.1, -0.05) is 160 Å². The van der Waals surface area contributed by atoms with Crippen molar-refractivity contribution in [1.82, 2.24) is 5.32 Å². The van der Waals surface area contributed by atoms with Gasteiger partial charge in [-0.05, 0) is 85.1 Å². The smallest absolute Gasteiger partial charge is 0.00489 e. The van der Waals surface area contributed by atoms with Crippen molar-refractivity contribution in [3.63, 3.8) is 0 Å². The molecule has 0 heterocycles. The zero-order valence-electron chi connectivity index (χ0n) is 29.7. The summed E-state index contributed by atoms with van der Waals surface area (Å²) in [4.78, 5) is 0. The van der Waals surface area contributed by atoms with Crippen molar-refractivity contribution < 1.29 is 0 Å². The average molecular weight is 550 g/mol. The van der Waals surface area contributed by atoms with Crippen molar-refractivity contribution in [2.45, 2.75) is 186 Å². The number of nitrogens with one attached hydrogen (secondary N) is 1. The third kappa shape index (κ3) is 13.7. The van der Waals surface area contributed by atoms with E-state index in [-0.39, 0.29) is 0 Å². The molecule has 1 nitrogen and oxygen atoms in total. The fourth-order valence-electron chi connectivity index (χ4n) is 8.99. The van der Waals surface area contributed by atoms with Gasteiger partial charge in [-0.25, -0.2) is 0 Å². The molecule has 1 heteroatoms. The minimum absolute atomic E-state index is 0.521. The maximum absolute atomic E-state index is 3.70. The lowest BCUT2D eigenvalue weighted by molar-refractivity contribution is 0.0355. The van der Waals surface area contributed by atoms with Gasteiger partial charge < -0.3 is 5.32 Å². The van der Waals surface area contributed by atoms with E-state index in [0.717, 1.165) is 35.5 Å². The molecule has 0 bridgehead atoms. The van der Waals surface area contributed by atoms with Gasteiger partial charge in [0.25, 0.3) is 0 Å². The summed E-state index contributed by atoms with van der Waals surface area (Å²) in [6, 6.07) is 0. The van der Waals surface area contributed by atoms with Gasteiger partial charge in [0, 0.05) is 0 Å². The van der Waals surface area contributed by atoms with Crippen LogP contribution < -0.4 is 5.32 Å². The first kappa shape index (κ1) is 39.0. The topological polar surface area (TPSA) is 12.0 Å². The number of hydrogen-bond donors (Lipinski definition) is 1. The molecule has 0 saturated heterocycles. The molecule has 0 aliphatic rings. The third-order valence-electron chi connectivity index (χ3n) is 11.4. The quantitative estimate of drug-likeness (QED) is 0.106. The van der Waals surface area contributed by atoms with E-state index >= 15 is 0 Å². The molecule has 39 heavy (non-hydrogen) atoms. The van der Waals surface area contributed by atoms with Gasteiger partial charge in [-0.15, -0.1) is 0 Å². The van der Waals surface area contributed by atoms with Crippen molar-refractivity contribution in [1.29, 1.82) is 0 Å². The Morgan fingerprint density at radius 1 is 0.308 bits per heavy atom. The lowest BCUT2D eigenvalue weighted by Crippen LogP contribution is -2.38. The van der Waals surface area contributed by atoms with E-state index in [4.69, 9.17) is 0 Å². The monoisotopic (exact) mass is 550 g/mol. The maximum atomic E-state index is 3.70. The lowest BCUT2D eigenvalue weighted by atomic mass is 9.60. The van der Waals surface area contributed by atoms with E-state index < -0.39 is 0 Å². The van der Waals surface area contributed by atoms with Crippen LogP contribution in [-0.2, 0) is 0 Å². The van der Waals surface area contributed by atoms with Crippen molar-refractivity contribution in [3.05, 3.63) is 0 Å². The van der Waals surface area contributed by atoms with Crippen LogP contribution in [0.1, 0.15) is 186 Å². The molecule has 1 N–H and O–H groups in total. The Balaban J connectivity index is 3.66. The summed E-state index contributed by atoms with van der Waals surface area (Å²) in [7, 11) is 0. The zero-order valence-corrected chi connectivity index (χ0v) is 29.7. The molecule has 0 radical (unpaired) electrons. The van der Waals surface area contributed by atoms with Crippen molar-refractivity contribution in [2.75, 3.05) is 13.1 Å². The van der Waals surface area contributed by atoms with E-state index in [2.05, 4.69) is 88.4 Å². The molecule has 0 saturated carbocycles. The van der Waals surface area contributed by atoms with Gasteiger partial charge in [0.15, 0.2) is 0 Å². The summed E-state index contributed by atoms with van der Waals surface area (Å²) < 4.78 is 0. The van der Waals surface area contributed by atoms with Crippen LogP contribution in [0.4, 0.5) is 0 Å². The Labute approximate surface area is 250 Å². The number of hydrogen-bond acceptors (Lipinski definition) is 1. The summed E-state index contributed by atoms with van der Waals surface area (Å²) in [5.41, 5.74) is 1.04. The summed E-state index contributed by atoms with van der Waals surface area (Å²) >= 11 is 0. The van der Waals surface area contributed by atoms with E-state index in [0.29, 0.717) is 10.8 Å². The Bertz CT molecular complexity index is 449. The molecule has 0 amide bonds. The second-order valence-electron chi connectivity index (χ2n) is 15.4. The summed E-state index contributed by atoms with van der Waals surface area (Å²) in [6.45, 7) is 31.9. The molecular formula is C38H79N. The predicted octanol–water partition coefficient (Wildman–Crippen LogP) is 12.7. The number of unbranched alkanes of at least 4 members (excludes halogenated alkanes) is 12. The molecule has 0 unspecified atom stereocenters. The highest BCUT2D eigenvalue weighted by atomic mass is 14.8. The van der Waals surface area contributed by atoms with Crippen molar-refractivity contribution in [3.8, 4) is 0 Å². The van der Waals surface area contributed by atoms with Crippen LogP contribution in [-0.4, -0.2) is 13.1 Å². The molecule has 236 valence electrons. The summed E-state index contributed by atoms with van der Waals surface area (Å²) in [5, 5.41) is 3.70. The molecule has 0 fully saturated rings. The first-order valence-corrected chi connectivity index (χ1v) is 18.1. The maximum Gasteiger partial charge on any atom is -0.00489 e. The fraction of sp³-hybridized carbons (Fsp3) is 1.00. The van der Waals surface area contributed by atoms with Crippen LogP contribution in [0, 0.1) is 46.3 Å². The largest absolute Gasteiger partial charge is 0.317 e. The molecule has 0 aromatic rings. The normalized spacial score (nSPS) is 13.4. The molecular weight excluding hydrogens is 470 g/mol. The Hall–Kier alpha value is -0.0400. The SMILES string of the molecule is CC(C)C(CCCCCCCCCNCCCCCCCCCC(C(C)C)(C(C)C)C(C)C)(C(C)C)C(C)C. The van der Waals surface area contributed by atoms with Gasteiger partial charge in [-0.2, -0.15) is 0 Å². The third-order valence-corrected chi connectivity index (χ3v) is 11.4. The van der Waals surface area contributed by atoms with E-state index in [1.165, 1.54) is 116 Å². The second kappa shape index (κ2) is 21.6. The zero-order chi connectivity index (χ0) is 29.9. The minimum atomic E-state index is 0.521. The van der Waals surface area contributed by atoms with E-state index in [1.807, 2.05) is 0 Å². The van der Waals surface area contributed by atoms with Gasteiger partial charge in [0.05, 0.1) is 0 Å². The first-order chi connectivity index (χ1) is 18.4. The number of rotatable bonds is 26. The first-order valence-electron chi connectivity index (χ1n) is 18.1. The highest BCUT2D eigenvalue weighted by Gasteiger charge is 2.40. The standard InChI is InChI=1S/C38H79N/c1-31(2)37(32(3)4,33(5)6)27-23-19-15-13-17-21-25-29-39-30-26-22-18-14-16-20-24-28-38(34(7)8,35(9)10)36(11)12/h31-36,39H,13-30H2,1-12H3. The van der Waals surface area contributed by atoms with E-state index in [9.17, 15) is 0 Å². The van der Waals surface area contributed by atoms with Crippen LogP contribution >= 0.6 is 0 Å². The van der Waals surface area contributed by atoms with Crippen LogP contribution in [0.5, 0.6) is 0 Å². The van der Waals surface area contributed by atoms with Crippen molar-refractivity contribution >= 4 is 0 Å². The highest BCUT2D eigenvalue weighted by molar-refractivity contribution is 4.89. The predicted molar refractivity (Wildman–Crippen MR) is 181 cm³/mol. The molecule has 0 aliphatic heterocycles. The summed E-state index contributed by atoms with van der Waals surface area (Å²) in [6.07, 6.45) is 22.7. The van der Waals surface area contributed by atoms with Crippen LogP contribution in [0.3, 0.4) is 0 Å². The van der Waals surface area contributed by atoms with Gasteiger partial charge in [-0.3, -0.25) is 0 Å². The Morgan fingerprint density at radius 3 is 0.744 bits per heavy atom. The van der Waals surface area contributed by atoms with E-state index in [1.54, 1.807) is 0 Å². The molecule has 0 spiro atoms. The highest BCUT2D eigenvalue weighted by Crippen LogP contribution is 2.48. The Morgan fingerprint density at radius 2 is 0.513 bits per heavy atom. The molecule has 0 atom stereocenters. The summed E-state index contributed by atoms with van der Waals surface area (Å²) in [5.74, 6) is 4.69. The van der Waals surface area contributed by atoms with Crippen LogP contribution in [0.25, 0.3) is 0 Å².